The van der Waals surface area contributed by atoms with Crippen LogP contribution in [0.1, 0.15) is 15.9 Å². The number of benzene rings is 2. The Morgan fingerprint density at radius 3 is 2.87 bits per heavy atom. The number of rotatable bonds is 3. The minimum absolute atomic E-state index is 0.103. The first kappa shape index (κ1) is 15.4. The molecule has 3 aromatic rings. The number of halogens is 2. The van der Waals surface area contributed by atoms with E-state index < -0.39 is 5.91 Å². The lowest BCUT2D eigenvalue weighted by Gasteiger charge is -2.02. The summed E-state index contributed by atoms with van der Waals surface area (Å²) in [4.78, 5) is 12.1. The third-order valence-electron chi connectivity index (χ3n) is 3.15. The normalized spacial score (nSPS) is 11.2. The second-order valence-corrected chi connectivity index (χ2v) is 5.51. The highest BCUT2D eigenvalue weighted by atomic mass is 35.5. The number of para-hydroxylation sites is 1. The van der Waals surface area contributed by atoms with Crippen molar-refractivity contribution >= 4 is 46.3 Å². The number of carbonyl (C=O) groups excluding carboxylic acids is 1. The average Bonchev–Trinajstić information content (AvgIpc) is 2.96. The van der Waals surface area contributed by atoms with E-state index in [0.29, 0.717) is 27.1 Å². The molecule has 5 nitrogen and oxygen atoms in total. The molecule has 0 radical (unpaired) electrons. The number of fused-ring (bicyclic) bond motifs is 1. The van der Waals surface area contributed by atoms with Crippen LogP contribution in [0.2, 0.25) is 10.0 Å². The molecule has 0 saturated carbocycles. The number of nitrogens with one attached hydrogen (secondary N) is 1. The van der Waals surface area contributed by atoms with Crippen molar-refractivity contribution in [3.8, 4) is 5.75 Å². The molecule has 3 rings (SSSR count). The van der Waals surface area contributed by atoms with Crippen LogP contribution in [0.4, 0.5) is 0 Å². The second kappa shape index (κ2) is 6.32. The molecule has 0 aliphatic heterocycles. The van der Waals surface area contributed by atoms with E-state index >= 15 is 0 Å². The van der Waals surface area contributed by atoms with Crippen LogP contribution in [0, 0.1) is 0 Å². The topological polar surface area (TPSA) is 74.8 Å². The summed E-state index contributed by atoms with van der Waals surface area (Å²) >= 11 is 11.7. The van der Waals surface area contributed by atoms with Gasteiger partial charge >= 0.3 is 0 Å². The zero-order chi connectivity index (χ0) is 16.4. The van der Waals surface area contributed by atoms with E-state index in [1.165, 1.54) is 24.6 Å². The lowest BCUT2D eigenvalue weighted by atomic mass is 10.2. The number of hydrogen-bond donors (Lipinski definition) is 2. The summed E-state index contributed by atoms with van der Waals surface area (Å²) in [6.07, 6.45) is 2.62. The molecule has 0 fully saturated rings. The van der Waals surface area contributed by atoms with Crippen molar-refractivity contribution < 1.29 is 14.3 Å². The number of hydrazone groups is 1. The second-order valence-electron chi connectivity index (χ2n) is 4.67. The van der Waals surface area contributed by atoms with Gasteiger partial charge in [0, 0.05) is 16.0 Å². The molecule has 0 aliphatic carbocycles. The number of carbonyl (C=O) groups is 1. The summed E-state index contributed by atoms with van der Waals surface area (Å²) in [5, 5.41) is 14.7. The van der Waals surface area contributed by atoms with E-state index in [-0.39, 0.29) is 10.8 Å². The molecule has 23 heavy (non-hydrogen) atoms. The minimum atomic E-state index is -0.432. The summed E-state index contributed by atoms with van der Waals surface area (Å²) < 4.78 is 5.30. The number of phenols is 1. The lowest BCUT2D eigenvalue weighted by molar-refractivity contribution is 0.0956. The molecule has 0 atom stereocenters. The van der Waals surface area contributed by atoms with Gasteiger partial charge in [-0.1, -0.05) is 41.4 Å². The summed E-state index contributed by atoms with van der Waals surface area (Å²) in [5.74, 6) is -0.596. The first-order valence-electron chi connectivity index (χ1n) is 6.54. The predicted molar refractivity (Wildman–Crippen MR) is 89.4 cm³/mol. The van der Waals surface area contributed by atoms with Gasteiger partial charge in [0.2, 0.25) is 0 Å². The van der Waals surface area contributed by atoms with Crippen LogP contribution in [-0.4, -0.2) is 17.2 Å². The number of furan rings is 1. The Hall–Kier alpha value is -2.50. The van der Waals surface area contributed by atoms with Gasteiger partial charge in [-0.05, 0) is 18.2 Å². The lowest BCUT2D eigenvalue weighted by Crippen LogP contribution is -2.17. The third kappa shape index (κ3) is 3.16. The SMILES string of the molecule is O=C(N/N=C/c1cc(Cl)cc(Cl)c1O)c1coc2ccccc12. The molecule has 1 amide bonds. The van der Waals surface area contributed by atoms with Crippen LogP contribution in [0.3, 0.4) is 0 Å². The van der Waals surface area contributed by atoms with E-state index in [4.69, 9.17) is 27.6 Å². The molecule has 0 unspecified atom stereocenters. The summed E-state index contributed by atoms with van der Waals surface area (Å²) in [6.45, 7) is 0. The van der Waals surface area contributed by atoms with Gasteiger partial charge in [-0.15, -0.1) is 0 Å². The number of nitrogens with zero attached hydrogens (tertiary/aromatic N) is 1. The first-order valence-corrected chi connectivity index (χ1v) is 7.29. The maximum Gasteiger partial charge on any atom is 0.275 e. The Bertz CT molecular complexity index is 919. The van der Waals surface area contributed by atoms with Crippen LogP contribution in [0.25, 0.3) is 11.0 Å². The molecule has 2 aromatic carbocycles. The molecular formula is C16H10Cl2N2O3. The fourth-order valence-electron chi connectivity index (χ4n) is 2.06. The summed E-state index contributed by atoms with van der Waals surface area (Å²) in [6, 6.07) is 10.1. The van der Waals surface area contributed by atoms with E-state index in [0.717, 1.165) is 0 Å². The zero-order valence-electron chi connectivity index (χ0n) is 11.6. The standard InChI is InChI=1S/C16H10Cl2N2O3/c17-10-5-9(15(21)13(18)6-10)7-19-20-16(22)12-8-23-14-4-2-1-3-11(12)14/h1-8,21H,(H,20,22)/b19-7+. The van der Waals surface area contributed by atoms with Crippen molar-refractivity contribution in [2.45, 2.75) is 0 Å². The van der Waals surface area contributed by atoms with Gasteiger partial charge in [0.05, 0.1) is 16.8 Å². The maximum absolute atomic E-state index is 12.1. The molecule has 1 aromatic heterocycles. The number of amides is 1. The molecule has 116 valence electrons. The summed E-state index contributed by atoms with van der Waals surface area (Å²) in [5.41, 5.74) is 3.64. The molecule has 2 N–H and O–H groups in total. The van der Waals surface area contributed by atoms with Gasteiger partial charge in [0.25, 0.3) is 5.91 Å². The van der Waals surface area contributed by atoms with Crippen LogP contribution < -0.4 is 5.43 Å². The van der Waals surface area contributed by atoms with Crippen LogP contribution in [0.5, 0.6) is 5.75 Å². The quantitative estimate of drug-likeness (QED) is 0.549. The van der Waals surface area contributed by atoms with E-state index in [1.807, 2.05) is 12.1 Å². The van der Waals surface area contributed by atoms with Crippen LogP contribution in [-0.2, 0) is 0 Å². The molecule has 0 bridgehead atoms. The van der Waals surface area contributed by atoms with Gasteiger partial charge in [0.1, 0.15) is 17.6 Å². The average molecular weight is 349 g/mol. The Kier molecular flexibility index (Phi) is 4.23. The Labute approximate surface area is 141 Å². The predicted octanol–water partition coefficient (Wildman–Crippen LogP) is 4.21. The number of phenolic OH excluding ortho intramolecular Hbond substituents is 1. The third-order valence-corrected chi connectivity index (χ3v) is 3.66. The maximum atomic E-state index is 12.1. The van der Waals surface area contributed by atoms with E-state index in [9.17, 15) is 9.90 Å². The fraction of sp³-hybridized carbons (Fsp3) is 0. The van der Waals surface area contributed by atoms with Gasteiger partial charge < -0.3 is 9.52 Å². The van der Waals surface area contributed by atoms with Gasteiger partial charge in [-0.25, -0.2) is 5.43 Å². The Balaban J connectivity index is 1.79. The van der Waals surface area contributed by atoms with Crippen molar-refractivity contribution in [1.82, 2.24) is 5.43 Å². The Morgan fingerprint density at radius 1 is 1.26 bits per heavy atom. The van der Waals surface area contributed by atoms with E-state index in [2.05, 4.69) is 10.5 Å². The highest BCUT2D eigenvalue weighted by Crippen LogP contribution is 2.30. The smallest absolute Gasteiger partial charge is 0.275 e. The van der Waals surface area contributed by atoms with Crippen LogP contribution >= 0.6 is 23.2 Å². The fourth-order valence-corrected chi connectivity index (χ4v) is 2.57. The number of hydrogen-bond acceptors (Lipinski definition) is 4. The Morgan fingerprint density at radius 2 is 2.04 bits per heavy atom. The van der Waals surface area contributed by atoms with Crippen molar-refractivity contribution in [2.75, 3.05) is 0 Å². The minimum Gasteiger partial charge on any atom is -0.506 e. The summed E-state index contributed by atoms with van der Waals surface area (Å²) in [7, 11) is 0. The molecule has 1 heterocycles. The first-order chi connectivity index (χ1) is 11.1. The van der Waals surface area contributed by atoms with Crippen molar-refractivity contribution in [1.29, 1.82) is 0 Å². The van der Waals surface area contributed by atoms with Crippen molar-refractivity contribution in [3.05, 3.63) is 63.8 Å². The zero-order valence-corrected chi connectivity index (χ0v) is 13.1. The van der Waals surface area contributed by atoms with Crippen molar-refractivity contribution in [2.24, 2.45) is 5.10 Å². The number of aromatic hydroxyl groups is 1. The van der Waals surface area contributed by atoms with Gasteiger partial charge in [-0.2, -0.15) is 5.10 Å². The van der Waals surface area contributed by atoms with Crippen molar-refractivity contribution in [3.63, 3.8) is 0 Å². The largest absolute Gasteiger partial charge is 0.506 e. The monoisotopic (exact) mass is 348 g/mol. The molecule has 0 spiro atoms. The van der Waals surface area contributed by atoms with Gasteiger partial charge in [0.15, 0.2) is 0 Å². The molecule has 0 saturated heterocycles. The van der Waals surface area contributed by atoms with Crippen LogP contribution in [0.15, 0.2) is 52.2 Å². The van der Waals surface area contributed by atoms with E-state index in [1.54, 1.807) is 12.1 Å². The van der Waals surface area contributed by atoms with Gasteiger partial charge in [-0.3, -0.25) is 4.79 Å². The highest BCUT2D eigenvalue weighted by Gasteiger charge is 2.12. The highest BCUT2D eigenvalue weighted by molar-refractivity contribution is 6.36. The molecular weight excluding hydrogens is 339 g/mol. The molecule has 7 heteroatoms. The molecule has 0 aliphatic rings.